The predicted octanol–water partition coefficient (Wildman–Crippen LogP) is 3.42. The number of rotatable bonds is 4. The number of carbonyl (C=O) groups is 2. The maximum Gasteiger partial charge on any atom is 0.274 e. The molecule has 0 N–H and O–H groups in total. The highest BCUT2D eigenvalue weighted by atomic mass is 35.5. The molecule has 0 radical (unpaired) electrons. The zero-order chi connectivity index (χ0) is 24.7. The summed E-state index contributed by atoms with van der Waals surface area (Å²) < 4.78 is 8.05. The fraction of sp³-hybridized carbons (Fsp3) is 0.259. The van der Waals surface area contributed by atoms with Crippen molar-refractivity contribution in [1.82, 2.24) is 24.2 Å². The van der Waals surface area contributed by atoms with Gasteiger partial charge in [-0.1, -0.05) is 48.0 Å². The van der Waals surface area contributed by atoms with Crippen LogP contribution in [0.1, 0.15) is 27.5 Å². The van der Waals surface area contributed by atoms with Crippen molar-refractivity contribution >= 4 is 29.1 Å². The summed E-state index contributed by atoms with van der Waals surface area (Å²) in [6.45, 7) is 1.73. The van der Waals surface area contributed by atoms with Crippen molar-refractivity contribution in [2.75, 3.05) is 26.2 Å². The van der Waals surface area contributed by atoms with Crippen LogP contribution in [0.2, 0.25) is 5.02 Å². The fourth-order valence-electron chi connectivity index (χ4n) is 5.27. The van der Waals surface area contributed by atoms with Gasteiger partial charge in [0.2, 0.25) is 0 Å². The van der Waals surface area contributed by atoms with Gasteiger partial charge in [-0.15, -0.1) is 0 Å². The summed E-state index contributed by atoms with van der Waals surface area (Å²) in [6, 6.07) is 17.2. The first-order valence-electron chi connectivity index (χ1n) is 11.8. The molecule has 2 amide bonds. The third-order valence-corrected chi connectivity index (χ3v) is 7.20. The van der Waals surface area contributed by atoms with E-state index in [1.807, 2.05) is 47.4 Å². The second kappa shape index (κ2) is 9.04. The van der Waals surface area contributed by atoms with E-state index in [1.165, 1.54) is 0 Å². The zero-order valence-corrected chi connectivity index (χ0v) is 20.2. The van der Waals surface area contributed by atoms with Crippen LogP contribution >= 0.6 is 11.6 Å². The number of halogens is 1. The van der Waals surface area contributed by atoms with Gasteiger partial charge in [0.05, 0.1) is 18.2 Å². The minimum Gasteiger partial charge on any atom is -0.361 e. The summed E-state index contributed by atoms with van der Waals surface area (Å²) in [6.07, 6.45) is 6.86. The standard InChI is InChI=1S/C27H24ClN5O3/c28-21-8-9-24-30-23(17-32(24)15-21)25(34)31-11-12-36-27(18-31)22(20-6-2-1-3-7-20)16-33(26(27)35)14-19-5-4-10-29-13-19/h1-10,13,15,17,22H,11-12,14,16,18H2. The van der Waals surface area contributed by atoms with E-state index < -0.39 is 5.60 Å². The Morgan fingerprint density at radius 2 is 1.97 bits per heavy atom. The summed E-state index contributed by atoms with van der Waals surface area (Å²) >= 11 is 6.09. The zero-order valence-electron chi connectivity index (χ0n) is 19.5. The maximum absolute atomic E-state index is 14.0. The molecule has 2 aliphatic rings. The lowest BCUT2D eigenvalue weighted by Gasteiger charge is -2.41. The summed E-state index contributed by atoms with van der Waals surface area (Å²) in [5, 5.41) is 0.556. The minimum atomic E-state index is -1.17. The van der Waals surface area contributed by atoms with E-state index in [1.54, 1.807) is 46.2 Å². The van der Waals surface area contributed by atoms with Crippen LogP contribution < -0.4 is 0 Å². The normalized spacial score (nSPS) is 22.0. The first-order chi connectivity index (χ1) is 17.5. The van der Waals surface area contributed by atoms with E-state index in [0.717, 1.165) is 11.1 Å². The van der Waals surface area contributed by atoms with Gasteiger partial charge in [-0.25, -0.2) is 4.98 Å². The lowest BCUT2D eigenvalue weighted by Crippen LogP contribution is -2.59. The molecule has 0 bridgehead atoms. The number of nitrogens with zero attached hydrogens (tertiary/aromatic N) is 5. The Labute approximate surface area is 213 Å². The van der Waals surface area contributed by atoms with Crippen LogP contribution in [0.3, 0.4) is 0 Å². The van der Waals surface area contributed by atoms with Crippen LogP contribution in [-0.2, 0) is 16.1 Å². The highest BCUT2D eigenvalue weighted by Crippen LogP contribution is 2.42. The van der Waals surface area contributed by atoms with Crippen molar-refractivity contribution in [2.24, 2.45) is 0 Å². The predicted molar refractivity (Wildman–Crippen MR) is 134 cm³/mol. The number of ether oxygens (including phenoxy) is 1. The molecule has 36 heavy (non-hydrogen) atoms. The van der Waals surface area contributed by atoms with E-state index in [-0.39, 0.29) is 30.9 Å². The Morgan fingerprint density at radius 3 is 2.78 bits per heavy atom. The molecule has 3 aromatic heterocycles. The SMILES string of the molecule is O=C(c1cn2cc(Cl)ccc2n1)N1CCOC2(C1)C(=O)N(Cc1cccnc1)CC2c1ccccc1. The molecular weight excluding hydrogens is 478 g/mol. The van der Waals surface area contributed by atoms with E-state index in [9.17, 15) is 9.59 Å². The Bertz CT molecular complexity index is 1430. The number of fused-ring (bicyclic) bond motifs is 1. The topological polar surface area (TPSA) is 80.0 Å². The molecule has 2 unspecified atom stereocenters. The molecule has 2 saturated heterocycles. The van der Waals surface area contributed by atoms with E-state index >= 15 is 0 Å². The van der Waals surface area contributed by atoms with Gasteiger partial charge in [0.1, 0.15) is 11.3 Å². The van der Waals surface area contributed by atoms with Gasteiger partial charge in [-0.05, 0) is 29.3 Å². The third kappa shape index (κ3) is 3.92. The number of morpholine rings is 1. The molecule has 5 heterocycles. The molecule has 1 spiro atoms. The smallest absolute Gasteiger partial charge is 0.274 e. The summed E-state index contributed by atoms with van der Waals surface area (Å²) in [5.41, 5.74) is 1.73. The lowest BCUT2D eigenvalue weighted by molar-refractivity contribution is -0.160. The number of benzene rings is 1. The highest BCUT2D eigenvalue weighted by Gasteiger charge is 2.58. The van der Waals surface area contributed by atoms with Crippen LogP contribution in [0.4, 0.5) is 0 Å². The van der Waals surface area contributed by atoms with Crippen molar-refractivity contribution < 1.29 is 14.3 Å². The number of likely N-dealkylation sites (tertiary alicyclic amines) is 1. The molecule has 2 fully saturated rings. The van der Waals surface area contributed by atoms with Crippen LogP contribution in [-0.4, -0.2) is 67.8 Å². The van der Waals surface area contributed by atoms with Crippen LogP contribution in [0.15, 0.2) is 79.4 Å². The summed E-state index contributed by atoms with van der Waals surface area (Å²) in [7, 11) is 0. The van der Waals surface area contributed by atoms with Gasteiger partial charge in [-0.3, -0.25) is 14.6 Å². The Morgan fingerprint density at radius 1 is 1.11 bits per heavy atom. The van der Waals surface area contributed by atoms with Gasteiger partial charge in [0, 0.05) is 50.3 Å². The fourth-order valence-corrected chi connectivity index (χ4v) is 5.43. The Kier molecular flexibility index (Phi) is 5.70. The molecular formula is C27H24ClN5O3. The van der Waals surface area contributed by atoms with Crippen molar-refractivity contribution in [3.05, 3.63) is 101 Å². The van der Waals surface area contributed by atoms with Crippen LogP contribution in [0, 0.1) is 0 Å². The van der Waals surface area contributed by atoms with Gasteiger partial charge < -0.3 is 18.9 Å². The van der Waals surface area contributed by atoms with Crippen molar-refractivity contribution in [3.8, 4) is 0 Å². The molecule has 2 atom stereocenters. The monoisotopic (exact) mass is 501 g/mol. The quantitative estimate of drug-likeness (QED) is 0.428. The molecule has 0 saturated carbocycles. The highest BCUT2D eigenvalue weighted by molar-refractivity contribution is 6.30. The molecule has 1 aromatic carbocycles. The Balaban J connectivity index is 1.33. The number of imidazole rings is 1. The van der Waals surface area contributed by atoms with Crippen molar-refractivity contribution in [3.63, 3.8) is 0 Å². The number of amides is 2. The molecule has 2 aliphatic heterocycles. The molecule has 4 aromatic rings. The molecule has 8 nitrogen and oxygen atoms in total. The number of hydrogen-bond donors (Lipinski definition) is 0. The molecule has 182 valence electrons. The molecule has 0 aliphatic carbocycles. The number of hydrogen-bond acceptors (Lipinski definition) is 5. The number of aromatic nitrogens is 3. The van der Waals surface area contributed by atoms with Gasteiger partial charge in [-0.2, -0.15) is 0 Å². The van der Waals surface area contributed by atoms with E-state index in [4.69, 9.17) is 16.3 Å². The average molecular weight is 502 g/mol. The first kappa shape index (κ1) is 22.7. The van der Waals surface area contributed by atoms with Crippen LogP contribution in [0.5, 0.6) is 0 Å². The first-order valence-corrected chi connectivity index (χ1v) is 12.2. The van der Waals surface area contributed by atoms with Crippen molar-refractivity contribution in [2.45, 2.75) is 18.1 Å². The molecule has 9 heteroatoms. The summed E-state index contributed by atoms with van der Waals surface area (Å²) in [5.74, 6) is -0.569. The van der Waals surface area contributed by atoms with Gasteiger partial charge in [0.25, 0.3) is 11.8 Å². The summed E-state index contributed by atoms with van der Waals surface area (Å²) in [4.78, 5) is 39.7. The second-order valence-corrected chi connectivity index (χ2v) is 9.65. The second-order valence-electron chi connectivity index (χ2n) is 9.21. The Hall–Kier alpha value is -3.75. The average Bonchev–Trinajstić information content (AvgIpc) is 3.44. The van der Waals surface area contributed by atoms with Gasteiger partial charge >= 0.3 is 0 Å². The maximum atomic E-state index is 14.0. The number of carbonyl (C=O) groups excluding carboxylic acids is 2. The minimum absolute atomic E-state index is 0.112. The van der Waals surface area contributed by atoms with E-state index in [2.05, 4.69) is 9.97 Å². The lowest BCUT2D eigenvalue weighted by atomic mass is 9.83. The van der Waals surface area contributed by atoms with Gasteiger partial charge in [0.15, 0.2) is 5.60 Å². The van der Waals surface area contributed by atoms with Crippen molar-refractivity contribution in [1.29, 1.82) is 0 Å². The van der Waals surface area contributed by atoms with E-state index in [0.29, 0.717) is 36.0 Å². The third-order valence-electron chi connectivity index (χ3n) is 6.98. The number of pyridine rings is 2. The molecule has 6 rings (SSSR count). The largest absolute Gasteiger partial charge is 0.361 e. The van der Waals surface area contributed by atoms with Crippen LogP contribution in [0.25, 0.3) is 5.65 Å².